The van der Waals surface area contributed by atoms with E-state index < -0.39 is 0 Å². The number of fused-ring (bicyclic) bond motifs is 1. The minimum Gasteiger partial charge on any atom is -0.497 e. The molecule has 0 aliphatic heterocycles. The van der Waals surface area contributed by atoms with E-state index in [2.05, 4.69) is 12.2 Å². The van der Waals surface area contributed by atoms with Gasteiger partial charge in [0.2, 0.25) is 0 Å². The normalized spacial score (nSPS) is 16.0. The number of aryl methyl sites for hydroxylation is 1. The Bertz CT molecular complexity index is 1040. The summed E-state index contributed by atoms with van der Waals surface area (Å²) in [5, 5.41) is 8.62. The lowest BCUT2D eigenvalue weighted by Crippen LogP contribution is -2.19. The van der Waals surface area contributed by atoms with Crippen LogP contribution in [-0.2, 0) is 6.42 Å². The Morgan fingerprint density at radius 2 is 1.93 bits per heavy atom. The van der Waals surface area contributed by atoms with E-state index in [0.29, 0.717) is 22.8 Å². The van der Waals surface area contributed by atoms with Crippen molar-refractivity contribution in [1.29, 1.82) is 0 Å². The number of aromatic nitrogens is 2. The molecule has 1 aliphatic carbocycles. The largest absolute Gasteiger partial charge is 0.497 e. The fourth-order valence-corrected chi connectivity index (χ4v) is 3.91. The molecule has 1 N–H and O–H groups in total. The predicted octanol–water partition coefficient (Wildman–Crippen LogP) is 5.35. The molecule has 0 unspecified atom stereocenters. The zero-order valence-electron chi connectivity index (χ0n) is 16.1. The molecule has 0 amide bonds. The van der Waals surface area contributed by atoms with Crippen LogP contribution in [0.25, 0.3) is 5.69 Å². The van der Waals surface area contributed by atoms with Gasteiger partial charge >= 0.3 is 0 Å². The Morgan fingerprint density at radius 1 is 1.18 bits per heavy atom. The molecule has 4 rings (SSSR count). The van der Waals surface area contributed by atoms with Crippen LogP contribution in [-0.4, -0.2) is 22.7 Å². The van der Waals surface area contributed by atoms with Crippen LogP contribution >= 0.6 is 11.6 Å². The number of nitrogens with one attached hydrogen (secondary N) is 1. The number of carbonyl (C=O) groups is 1. The van der Waals surface area contributed by atoms with Crippen molar-refractivity contribution in [3.05, 3.63) is 64.3 Å². The van der Waals surface area contributed by atoms with Crippen LogP contribution in [0.3, 0.4) is 0 Å². The van der Waals surface area contributed by atoms with E-state index in [0.717, 1.165) is 34.8 Å². The van der Waals surface area contributed by atoms with Gasteiger partial charge in [-0.1, -0.05) is 24.6 Å². The smallest absolute Gasteiger partial charge is 0.168 e. The molecule has 28 heavy (non-hydrogen) atoms. The molecule has 5 nitrogen and oxygen atoms in total. The molecule has 1 heterocycles. The van der Waals surface area contributed by atoms with Gasteiger partial charge in [-0.05, 0) is 61.2 Å². The zero-order valence-corrected chi connectivity index (χ0v) is 16.9. The number of hydrogen-bond acceptors (Lipinski definition) is 4. The number of hydrogen-bond donors (Lipinski definition) is 1. The molecule has 2 aromatic carbocycles. The monoisotopic (exact) mass is 395 g/mol. The topological polar surface area (TPSA) is 56.1 Å². The molecular weight excluding hydrogens is 374 g/mol. The summed E-state index contributed by atoms with van der Waals surface area (Å²) in [6, 6.07) is 13.4. The Kier molecular flexibility index (Phi) is 4.85. The standard InChI is InChI=1S/C22H22ClN3O2/c1-13-4-9-18(17(23)10-13)24-22-21-19(11-14(2)12-20(21)27)26(25-22)15-5-7-16(28-3)8-6-15/h4-10,14H,11-12H2,1-3H3,(H,24,25)/t14-/m1/s1. The Morgan fingerprint density at radius 3 is 2.61 bits per heavy atom. The molecule has 0 fully saturated rings. The number of carbonyl (C=O) groups excluding carboxylic acids is 1. The molecule has 1 aromatic heterocycles. The minimum absolute atomic E-state index is 0.110. The number of methoxy groups -OCH3 is 1. The summed E-state index contributed by atoms with van der Waals surface area (Å²) in [7, 11) is 1.64. The van der Waals surface area contributed by atoms with Crippen LogP contribution in [0.4, 0.5) is 11.5 Å². The second-order valence-electron chi connectivity index (χ2n) is 7.33. The maximum absolute atomic E-state index is 12.8. The van der Waals surface area contributed by atoms with E-state index in [-0.39, 0.29) is 11.7 Å². The first-order chi connectivity index (χ1) is 13.5. The number of anilines is 2. The molecule has 1 atom stereocenters. The Hall–Kier alpha value is -2.79. The summed E-state index contributed by atoms with van der Waals surface area (Å²) in [6.07, 6.45) is 1.32. The van der Waals surface area contributed by atoms with Crippen molar-refractivity contribution in [3.8, 4) is 11.4 Å². The fraction of sp³-hybridized carbons (Fsp3) is 0.273. The van der Waals surface area contributed by atoms with Gasteiger partial charge in [0.1, 0.15) is 5.75 Å². The second-order valence-corrected chi connectivity index (χ2v) is 7.73. The van der Waals surface area contributed by atoms with Crippen molar-refractivity contribution in [1.82, 2.24) is 9.78 Å². The lowest BCUT2D eigenvalue weighted by molar-refractivity contribution is 0.0953. The summed E-state index contributed by atoms with van der Waals surface area (Å²) < 4.78 is 7.10. The van der Waals surface area contributed by atoms with E-state index in [9.17, 15) is 4.79 Å². The van der Waals surface area contributed by atoms with Crippen LogP contribution in [0.15, 0.2) is 42.5 Å². The molecule has 0 bridgehead atoms. The predicted molar refractivity (Wildman–Crippen MR) is 111 cm³/mol. The van der Waals surface area contributed by atoms with Gasteiger partial charge in [-0.15, -0.1) is 5.10 Å². The third-order valence-corrected chi connectivity index (χ3v) is 5.34. The third-order valence-electron chi connectivity index (χ3n) is 5.03. The summed E-state index contributed by atoms with van der Waals surface area (Å²) in [4.78, 5) is 12.8. The number of halogens is 1. The van der Waals surface area contributed by atoms with Crippen molar-refractivity contribution in [2.24, 2.45) is 5.92 Å². The fourth-order valence-electron chi connectivity index (χ4n) is 3.63. The molecule has 1 aliphatic rings. The summed E-state index contributed by atoms with van der Waals surface area (Å²) >= 11 is 6.38. The van der Waals surface area contributed by atoms with Gasteiger partial charge in [0.15, 0.2) is 11.6 Å². The van der Waals surface area contributed by atoms with Crippen LogP contribution in [0.1, 0.15) is 35.0 Å². The number of ether oxygens (including phenoxy) is 1. The summed E-state index contributed by atoms with van der Waals surface area (Å²) in [6.45, 7) is 4.08. The number of rotatable bonds is 4. The summed E-state index contributed by atoms with van der Waals surface area (Å²) in [5.74, 6) is 1.72. The van der Waals surface area contributed by atoms with Gasteiger partial charge in [0, 0.05) is 6.42 Å². The van der Waals surface area contributed by atoms with E-state index in [1.807, 2.05) is 54.1 Å². The molecule has 0 spiro atoms. The molecule has 0 saturated carbocycles. The number of nitrogens with zero attached hydrogens (tertiary/aromatic N) is 2. The van der Waals surface area contributed by atoms with Crippen LogP contribution in [0.2, 0.25) is 5.02 Å². The molecule has 0 radical (unpaired) electrons. The average Bonchev–Trinajstić information content (AvgIpc) is 3.02. The first-order valence-electron chi connectivity index (χ1n) is 9.29. The van der Waals surface area contributed by atoms with Crippen molar-refractivity contribution in [2.45, 2.75) is 26.7 Å². The Labute approximate surface area is 169 Å². The van der Waals surface area contributed by atoms with Crippen molar-refractivity contribution in [2.75, 3.05) is 12.4 Å². The maximum Gasteiger partial charge on any atom is 0.168 e. The van der Waals surface area contributed by atoms with Gasteiger partial charge in [0.05, 0.1) is 34.8 Å². The van der Waals surface area contributed by atoms with Gasteiger partial charge in [-0.25, -0.2) is 4.68 Å². The molecule has 144 valence electrons. The van der Waals surface area contributed by atoms with Crippen LogP contribution < -0.4 is 10.1 Å². The maximum atomic E-state index is 12.8. The van der Waals surface area contributed by atoms with Gasteiger partial charge < -0.3 is 10.1 Å². The van der Waals surface area contributed by atoms with E-state index in [4.69, 9.17) is 21.4 Å². The molecular formula is C22H22ClN3O2. The van der Waals surface area contributed by atoms with E-state index in [1.54, 1.807) is 7.11 Å². The van der Waals surface area contributed by atoms with Gasteiger partial charge in [0.25, 0.3) is 0 Å². The number of ketones is 1. The zero-order chi connectivity index (χ0) is 19.8. The molecule has 3 aromatic rings. The highest BCUT2D eigenvalue weighted by molar-refractivity contribution is 6.33. The third kappa shape index (κ3) is 3.38. The lowest BCUT2D eigenvalue weighted by Gasteiger charge is -2.19. The second kappa shape index (κ2) is 7.32. The highest BCUT2D eigenvalue weighted by atomic mass is 35.5. The first-order valence-corrected chi connectivity index (χ1v) is 9.66. The highest BCUT2D eigenvalue weighted by Gasteiger charge is 2.31. The summed E-state index contributed by atoms with van der Waals surface area (Å²) in [5.41, 5.74) is 4.29. The number of Topliss-reactive ketones (excluding diaryl/α,β-unsaturated/α-hetero) is 1. The Balaban J connectivity index is 1.81. The van der Waals surface area contributed by atoms with Crippen LogP contribution in [0.5, 0.6) is 5.75 Å². The first kappa shape index (κ1) is 18.6. The minimum atomic E-state index is 0.110. The number of benzene rings is 2. The van der Waals surface area contributed by atoms with Gasteiger partial charge in [-0.2, -0.15) is 0 Å². The quantitative estimate of drug-likeness (QED) is 0.646. The van der Waals surface area contributed by atoms with Crippen molar-refractivity contribution < 1.29 is 9.53 Å². The molecule has 6 heteroatoms. The van der Waals surface area contributed by atoms with Crippen molar-refractivity contribution >= 4 is 28.9 Å². The lowest BCUT2D eigenvalue weighted by atomic mass is 9.87. The highest BCUT2D eigenvalue weighted by Crippen LogP contribution is 2.35. The van der Waals surface area contributed by atoms with Crippen LogP contribution in [0, 0.1) is 12.8 Å². The van der Waals surface area contributed by atoms with E-state index in [1.165, 1.54) is 0 Å². The average molecular weight is 396 g/mol. The molecule has 0 saturated heterocycles. The van der Waals surface area contributed by atoms with Gasteiger partial charge in [-0.3, -0.25) is 4.79 Å². The van der Waals surface area contributed by atoms with E-state index >= 15 is 0 Å². The van der Waals surface area contributed by atoms with Crippen molar-refractivity contribution in [3.63, 3.8) is 0 Å². The SMILES string of the molecule is COc1ccc(-n2nc(Nc3ccc(C)cc3Cl)c3c2C[C@@H](C)CC3=O)cc1.